The summed E-state index contributed by atoms with van der Waals surface area (Å²) >= 11 is 0. The fraction of sp³-hybridized carbons (Fsp3) is 1.00. The predicted molar refractivity (Wildman–Crippen MR) is 215 cm³/mol. The van der Waals surface area contributed by atoms with E-state index in [1.807, 2.05) is 0 Å². The van der Waals surface area contributed by atoms with Gasteiger partial charge < -0.3 is 49.4 Å². The van der Waals surface area contributed by atoms with Crippen LogP contribution in [0.3, 0.4) is 0 Å². The molecular weight excluding hydrogens is 849 g/mol. The van der Waals surface area contributed by atoms with Crippen LogP contribution in [-0.2, 0) is 49.4 Å². The van der Waals surface area contributed by atoms with Gasteiger partial charge in [0, 0.05) is 0 Å². The first kappa shape index (κ1) is 47.6. The van der Waals surface area contributed by atoms with Crippen molar-refractivity contribution in [1.29, 1.82) is 0 Å². The molecule has 2 saturated heterocycles. The highest BCUT2D eigenvalue weighted by molar-refractivity contribution is 8.48. The molecule has 2 fully saturated rings. The van der Waals surface area contributed by atoms with Gasteiger partial charge in [0.15, 0.2) is 0 Å². The SMILES string of the molecule is CC[Si]1O[Si](CC)O[Si](CC)O[Si](CC)(S[Si]2(CC)O[Si](CC)O[Si](CC)O[Si](CC)O[Si](CC)O[Si](CC)O2)O[Si](CC)O[Si](CC)O1. The highest BCUT2D eigenvalue weighted by atomic mass is 32.5. The Balaban J connectivity index is 2.67. The third-order valence-corrected chi connectivity index (χ3v) is 50.5. The second-order valence-electron chi connectivity index (χ2n) is 10.7. The van der Waals surface area contributed by atoms with Crippen LogP contribution in [0.2, 0.25) is 72.5 Å². The van der Waals surface area contributed by atoms with Gasteiger partial charge in [-0.3, -0.25) is 0 Å². The lowest BCUT2D eigenvalue weighted by Gasteiger charge is -2.43. The first-order valence-electron chi connectivity index (χ1n) is 18.0. The molecule has 0 N–H and O–H groups in total. The molecule has 0 atom stereocenters. The van der Waals surface area contributed by atoms with Crippen molar-refractivity contribution >= 4 is 119 Å². The monoisotopic (exact) mass is 908 g/mol. The number of hydrogen-bond donors (Lipinski definition) is 0. The van der Waals surface area contributed by atoms with E-state index >= 15 is 0 Å². The highest BCUT2D eigenvalue weighted by Gasteiger charge is 2.56. The van der Waals surface area contributed by atoms with Crippen LogP contribution >= 0.6 is 10.7 Å². The Hall–Kier alpha value is 2.47. The van der Waals surface area contributed by atoms with Gasteiger partial charge in [-0.05, 0) is 72.5 Å². The van der Waals surface area contributed by atoms with E-state index in [1.165, 1.54) is 0 Å². The Kier molecular flexibility index (Phi) is 24.9. The van der Waals surface area contributed by atoms with Crippen molar-refractivity contribution < 1.29 is 49.4 Å². The lowest BCUT2D eigenvalue weighted by Crippen LogP contribution is -2.59. The van der Waals surface area contributed by atoms with Crippen molar-refractivity contribution in [2.45, 2.75) is 156 Å². The van der Waals surface area contributed by atoms with Crippen LogP contribution in [0, 0.1) is 0 Å². The minimum atomic E-state index is -3.15. The summed E-state index contributed by atoms with van der Waals surface area (Å²) in [7, 11) is -21.1. The van der Waals surface area contributed by atoms with Crippen molar-refractivity contribution in [3.8, 4) is 0 Å². The van der Waals surface area contributed by atoms with E-state index in [1.54, 1.807) is 10.7 Å². The topological polar surface area (TPSA) is 111 Å². The molecule has 0 saturated carbocycles. The summed E-state index contributed by atoms with van der Waals surface area (Å²) in [5.41, 5.74) is 0. The lowest BCUT2D eigenvalue weighted by molar-refractivity contribution is 0.278. The fourth-order valence-corrected chi connectivity index (χ4v) is 58.1. The molecule has 12 nitrogen and oxygen atoms in total. The summed E-state index contributed by atoms with van der Waals surface area (Å²) in [5.74, 6) is 0. The Labute approximate surface area is 321 Å². The molecule has 2 aliphatic heterocycles. The first-order valence-corrected chi connectivity index (χ1v) is 39.6. The average Bonchev–Trinajstić information content (AvgIpc) is 3.12. The van der Waals surface area contributed by atoms with Crippen LogP contribution in [0.1, 0.15) is 83.1 Å². The maximum absolute atomic E-state index is 7.28. The average molecular weight is 910 g/mol. The molecule has 49 heavy (non-hydrogen) atoms. The van der Waals surface area contributed by atoms with Gasteiger partial charge in [-0.15, -0.1) is 0 Å². The molecule has 0 aromatic rings. The van der Waals surface area contributed by atoms with Crippen molar-refractivity contribution in [2.24, 2.45) is 0 Å². The molecule has 10 radical (unpaired) electrons. The van der Waals surface area contributed by atoms with Crippen LogP contribution in [-0.4, -0.2) is 108 Å². The summed E-state index contributed by atoms with van der Waals surface area (Å²) < 4.78 is 82.6. The molecule has 0 spiro atoms. The molecule has 0 bridgehead atoms. The molecule has 25 heteroatoms. The van der Waals surface area contributed by atoms with Gasteiger partial charge in [0.1, 0.15) is 0 Å². The third kappa shape index (κ3) is 15.9. The van der Waals surface area contributed by atoms with E-state index in [2.05, 4.69) is 83.1 Å². The molecule has 2 aliphatic rings. The lowest BCUT2D eigenvalue weighted by atomic mass is 11.0. The van der Waals surface area contributed by atoms with Crippen molar-refractivity contribution in [2.75, 3.05) is 0 Å². The van der Waals surface area contributed by atoms with Crippen LogP contribution < -0.4 is 0 Å². The number of hydrogen-bond acceptors (Lipinski definition) is 13. The second kappa shape index (κ2) is 25.6. The van der Waals surface area contributed by atoms with E-state index in [0.717, 1.165) is 60.4 Å². The van der Waals surface area contributed by atoms with Gasteiger partial charge in [-0.25, -0.2) is 0 Å². The zero-order valence-corrected chi connectivity index (χ0v) is 44.6. The zero-order chi connectivity index (χ0) is 36.5. The Bertz CT molecular complexity index is 770. The fourth-order valence-electron chi connectivity index (χ4n) is 4.16. The van der Waals surface area contributed by atoms with Crippen molar-refractivity contribution in [3.63, 3.8) is 0 Å². The summed E-state index contributed by atoms with van der Waals surface area (Å²) in [6, 6.07) is 9.32. The predicted octanol–water partition coefficient (Wildman–Crippen LogP) is 6.94. The van der Waals surface area contributed by atoms with Crippen molar-refractivity contribution in [3.05, 3.63) is 0 Å². The second-order valence-corrected chi connectivity index (χ2v) is 45.5. The third-order valence-electron chi connectivity index (χ3n) is 6.96. The Morgan fingerprint density at radius 3 is 0.592 bits per heavy atom. The smallest absolute Gasteiger partial charge is 0.386 e. The standard InChI is InChI=1S/C24H60O12SSi12/c1-13-38-25-40(15-3)29-44(19-7)33-48(23-11,34-45(20-8)30-41(16-4)26-38)37-49(24-12)35-46(21-9)31-42(17-5)27-39(14-2)28-43(18-6)32-47(22-10)36-49/h13-24H2,1-12H3. The summed E-state index contributed by atoms with van der Waals surface area (Å²) in [5, 5.41) is 0. The van der Waals surface area contributed by atoms with E-state index < -0.39 is 108 Å². The van der Waals surface area contributed by atoms with Gasteiger partial charge in [0.2, 0.25) is 0 Å². The van der Waals surface area contributed by atoms with Crippen molar-refractivity contribution in [1.82, 2.24) is 0 Å². The first-order chi connectivity index (χ1) is 23.6. The molecular formula is C24H60O12SSi12. The van der Waals surface area contributed by atoms with Gasteiger partial charge in [0.25, 0.3) is 0 Å². The maximum atomic E-state index is 7.28. The van der Waals surface area contributed by atoms with E-state index in [-0.39, 0.29) is 0 Å². The minimum Gasteiger partial charge on any atom is -0.414 e. The highest BCUT2D eigenvalue weighted by Crippen LogP contribution is 2.42. The van der Waals surface area contributed by atoms with Crippen LogP contribution in [0.25, 0.3) is 0 Å². The van der Waals surface area contributed by atoms with E-state index in [0.29, 0.717) is 12.1 Å². The molecule has 0 aromatic heterocycles. The molecule has 0 aromatic carbocycles. The molecule has 0 unspecified atom stereocenters. The van der Waals surface area contributed by atoms with Crippen LogP contribution in [0.4, 0.5) is 0 Å². The number of rotatable bonds is 14. The zero-order valence-electron chi connectivity index (χ0n) is 31.8. The van der Waals surface area contributed by atoms with Gasteiger partial charge in [-0.1, -0.05) is 93.7 Å². The largest absolute Gasteiger partial charge is 0.414 e. The van der Waals surface area contributed by atoms with Gasteiger partial charge in [-0.2, -0.15) is 0 Å². The van der Waals surface area contributed by atoms with Gasteiger partial charge >= 0.3 is 108 Å². The van der Waals surface area contributed by atoms with Crippen LogP contribution in [0.15, 0.2) is 0 Å². The van der Waals surface area contributed by atoms with E-state index in [9.17, 15) is 0 Å². The van der Waals surface area contributed by atoms with Crippen LogP contribution in [0.5, 0.6) is 0 Å². The Morgan fingerprint density at radius 1 is 0.286 bits per heavy atom. The quantitative estimate of drug-likeness (QED) is 0.168. The minimum absolute atomic E-state index is 0.689. The molecule has 0 aliphatic carbocycles. The Morgan fingerprint density at radius 2 is 0.449 bits per heavy atom. The van der Waals surface area contributed by atoms with E-state index in [4.69, 9.17) is 49.4 Å². The molecule has 2 heterocycles. The summed E-state index contributed by atoms with van der Waals surface area (Å²) in [4.78, 5) is 0. The van der Waals surface area contributed by atoms with Gasteiger partial charge in [0.05, 0.1) is 0 Å². The molecule has 0 amide bonds. The molecule has 2 rings (SSSR count). The molecule has 282 valence electrons. The summed E-state index contributed by atoms with van der Waals surface area (Å²) in [6.45, 7) is 25.7. The maximum Gasteiger partial charge on any atom is 0.386 e. The summed E-state index contributed by atoms with van der Waals surface area (Å²) in [6.07, 6.45) is 0. The normalized spacial score (nSPS) is 24.7.